The molecule has 12 atom stereocenters. The normalized spacial score (nSPS) is 53.9. The van der Waals surface area contributed by atoms with Crippen LogP contribution in [-0.4, -0.2) is 30.6 Å². The summed E-state index contributed by atoms with van der Waals surface area (Å²) in [7, 11) is 0. The maximum atomic E-state index is 12.3. The molecule has 1 spiro atoms. The Hall–Kier alpha value is -0.610. The molecular weight excluding hydrogens is 448 g/mol. The summed E-state index contributed by atoms with van der Waals surface area (Å²) in [5.41, 5.74) is 0.820. The van der Waals surface area contributed by atoms with Crippen molar-refractivity contribution in [3.05, 3.63) is 0 Å². The lowest BCUT2D eigenvalue weighted by Crippen LogP contribution is -2.55. The molecule has 6 aliphatic rings. The first-order valence-electron chi connectivity index (χ1n) is 15.7. The molecule has 0 bridgehead atoms. The molecule has 4 saturated carbocycles. The van der Waals surface area contributed by atoms with Crippen molar-refractivity contribution in [3.8, 4) is 0 Å². The third kappa shape index (κ3) is 3.85. The Bertz CT molecular complexity index is 832. The Morgan fingerprint density at radius 1 is 0.944 bits per heavy atom. The van der Waals surface area contributed by atoms with Crippen LogP contribution >= 0.6 is 0 Å². The van der Waals surface area contributed by atoms with Crippen molar-refractivity contribution in [1.29, 1.82) is 0 Å². The van der Waals surface area contributed by atoms with Gasteiger partial charge in [0.05, 0.1) is 12.7 Å². The number of carbonyl (C=O) groups is 1. The average molecular weight is 501 g/mol. The van der Waals surface area contributed by atoms with Gasteiger partial charge in [0.1, 0.15) is 6.10 Å². The van der Waals surface area contributed by atoms with Gasteiger partial charge in [0, 0.05) is 18.8 Å². The zero-order valence-electron chi connectivity index (χ0n) is 23.7. The lowest BCUT2D eigenvalue weighted by Gasteiger charge is -2.61. The average Bonchev–Trinajstić information content (AvgIpc) is 3.30. The quantitative estimate of drug-likeness (QED) is 0.374. The van der Waals surface area contributed by atoms with E-state index in [1.165, 1.54) is 44.9 Å². The molecule has 0 aromatic heterocycles. The van der Waals surface area contributed by atoms with Crippen molar-refractivity contribution in [2.45, 2.75) is 136 Å². The van der Waals surface area contributed by atoms with Crippen LogP contribution in [0.15, 0.2) is 0 Å². The zero-order chi connectivity index (χ0) is 25.3. The molecule has 0 aromatic carbocycles. The lowest BCUT2D eigenvalue weighted by molar-refractivity contribution is -0.273. The van der Waals surface area contributed by atoms with Crippen LogP contribution in [0, 0.1) is 52.3 Å². The van der Waals surface area contributed by atoms with Gasteiger partial charge in [-0.05, 0) is 111 Å². The Labute approximate surface area is 220 Å². The van der Waals surface area contributed by atoms with Crippen molar-refractivity contribution >= 4 is 5.97 Å². The molecular formula is C32H52O4. The monoisotopic (exact) mass is 500 g/mol. The first-order chi connectivity index (χ1) is 17.2. The number of hydrogen-bond acceptors (Lipinski definition) is 4. The predicted molar refractivity (Wildman–Crippen MR) is 141 cm³/mol. The van der Waals surface area contributed by atoms with Gasteiger partial charge in [-0.1, -0.05) is 41.0 Å². The highest BCUT2D eigenvalue weighted by molar-refractivity contribution is 5.69. The number of unbranched alkanes of at least 4 members (excludes halogenated alkanes) is 1. The van der Waals surface area contributed by atoms with Crippen LogP contribution in [0.3, 0.4) is 0 Å². The van der Waals surface area contributed by atoms with E-state index in [2.05, 4.69) is 34.6 Å². The Morgan fingerprint density at radius 2 is 1.75 bits per heavy atom. The molecule has 0 unspecified atom stereocenters. The van der Waals surface area contributed by atoms with E-state index in [0.717, 1.165) is 62.4 Å². The first-order valence-corrected chi connectivity index (χ1v) is 15.7. The molecule has 0 radical (unpaired) electrons. The summed E-state index contributed by atoms with van der Waals surface area (Å²) in [6.45, 7) is 13.0. The van der Waals surface area contributed by atoms with E-state index in [0.29, 0.717) is 41.1 Å². The molecule has 4 heteroatoms. The summed E-state index contributed by atoms with van der Waals surface area (Å²) in [4.78, 5) is 12.3. The molecule has 4 aliphatic carbocycles. The predicted octanol–water partition coefficient (Wildman–Crippen LogP) is 7.53. The van der Waals surface area contributed by atoms with E-state index in [4.69, 9.17) is 14.2 Å². The molecule has 2 aliphatic heterocycles. The fraction of sp³-hybridized carbons (Fsp3) is 0.969. The summed E-state index contributed by atoms with van der Waals surface area (Å²) in [5.74, 6) is 4.76. The number of rotatable bonds is 4. The van der Waals surface area contributed by atoms with E-state index >= 15 is 0 Å². The van der Waals surface area contributed by atoms with Crippen LogP contribution in [-0.2, 0) is 19.0 Å². The lowest BCUT2D eigenvalue weighted by atomic mass is 9.44. The summed E-state index contributed by atoms with van der Waals surface area (Å²) < 4.78 is 19.4. The highest BCUT2D eigenvalue weighted by atomic mass is 16.7. The molecule has 36 heavy (non-hydrogen) atoms. The van der Waals surface area contributed by atoms with E-state index in [1.807, 2.05) is 0 Å². The van der Waals surface area contributed by atoms with Gasteiger partial charge in [0.15, 0.2) is 5.79 Å². The zero-order valence-corrected chi connectivity index (χ0v) is 23.7. The topological polar surface area (TPSA) is 44.8 Å². The van der Waals surface area contributed by atoms with Gasteiger partial charge in [-0.25, -0.2) is 0 Å². The Morgan fingerprint density at radius 3 is 2.50 bits per heavy atom. The van der Waals surface area contributed by atoms with E-state index in [9.17, 15) is 4.79 Å². The van der Waals surface area contributed by atoms with Gasteiger partial charge in [-0.2, -0.15) is 0 Å². The molecule has 2 heterocycles. The SMILES string of the molecule is CCCCC(=O)O[C@@H]1CC[C@@]2(C)[C@@H](CC[C@H]3[C@H]4C[C@@H]5O[C@]6(CC[C@@H](C)CO6)[C@@H](C)[C@@H]5[C@@]4(C)CC[C@@H]32)C1. The molecule has 0 aromatic rings. The van der Waals surface area contributed by atoms with Crippen molar-refractivity contribution in [3.63, 3.8) is 0 Å². The van der Waals surface area contributed by atoms with Gasteiger partial charge in [0.25, 0.3) is 0 Å². The number of carbonyl (C=O) groups excluding carboxylic acids is 1. The number of hydrogen-bond donors (Lipinski definition) is 0. The van der Waals surface area contributed by atoms with Crippen LogP contribution in [0.25, 0.3) is 0 Å². The fourth-order valence-corrected chi connectivity index (χ4v) is 10.9. The second-order valence-corrected chi connectivity index (χ2v) is 14.7. The number of fused-ring (bicyclic) bond motifs is 7. The first kappa shape index (κ1) is 25.7. The third-order valence-electron chi connectivity index (χ3n) is 12.9. The summed E-state index contributed by atoms with van der Waals surface area (Å²) in [5, 5.41) is 0. The van der Waals surface area contributed by atoms with Crippen molar-refractivity contribution < 1.29 is 19.0 Å². The summed E-state index contributed by atoms with van der Waals surface area (Å²) in [6, 6.07) is 0. The molecule has 0 N–H and O–H groups in total. The minimum atomic E-state index is -0.302. The number of ether oxygens (including phenoxy) is 3. The molecule has 0 amide bonds. The van der Waals surface area contributed by atoms with Crippen LogP contribution in [0.4, 0.5) is 0 Å². The van der Waals surface area contributed by atoms with Gasteiger partial charge in [-0.3, -0.25) is 4.79 Å². The van der Waals surface area contributed by atoms with E-state index in [1.54, 1.807) is 0 Å². The largest absolute Gasteiger partial charge is 0.462 e. The second kappa shape index (κ2) is 9.25. The second-order valence-electron chi connectivity index (χ2n) is 14.7. The smallest absolute Gasteiger partial charge is 0.306 e. The van der Waals surface area contributed by atoms with Gasteiger partial charge in [-0.15, -0.1) is 0 Å². The van der Waals surface area contributed by atoms with Gasteiger partial charge < -0.3 is 14.2 Å². The Balaban J connectivity index is 1.15. The van der Waals surface area contributed by atoms with Crippen molar-refractivity contribution in [2.24, 2.45) is 52.3 Å². The summed E-state index contributed by atoms with van der Waals surface area (Å²) in [6.07, 6.45) is 15.6. The van der Waals surface area contributed by atoms with Crippen molar-refractivity contribution in [2.75, 3.05) is 6.61 Å². The molecule has 204 valence electrons. The number of esters is 1. The molecule has 2 saturated heterocycles. The molecule has 4 nitrogen and oxygen atoms in total. The van der Waals surface area contributed by atoms with Gasteiger partial charge in [0.2, 0.25) is 0 Å². The highest BCUT2D eigenvalue weighted by Gasteiger charge is 2.69. The maximum absolute atomic E-state index is 12.3. The van der Waals surface area contributed by atoms with E-state index < -0.39 is 0 Å². The van der Waals surface area contributed by atoms with Gasteiger partial charge >= 0.3 is 5.97 Å². The standard InChI is InChI=1S/C32H52O4/c1-6-7-8-28(33)35-23-12-14-30(4)22(17-23)9-10-24-25(30)13-15-31(5)26(24)18-27-29(31)21(3)32(36-27)16-11-20(2)19-34-32/h20-27,29H,6-19H2,1-5H3/t20-,21+,22+,23-,24-,25+,26-,27+,29+,30+,31+,32-/m1/s1. The minimum Gasteiger partial charge on any atom is -0.462 e. The third-order valence-corrected chi connectivity index (χ3v) is 12.9. The van der Waals surface area contributed by atoms with Crippen LogP contribution in [0.5, 0.6) is 0 Å². The minimum absolute atomic E-state index is 0.0355. The maximum Gasteiger partial charge on any atom is 0.306 e. The van der Waals surface area contributed by atoms with E-state index in [-0.39, 0.29) is 17.9 Å². The van der Waals surface area contributed by atoms with Crippen LogP contribution in [0.1, 0.15) is 118 Å². The van der Waals surface area contributed by atoms with Crippen molar-refractivity contribution in [1.82, 2.24) is 0 Å². The molecule has 6 rings (SSSR count). The molecule has 6 fully saturated rings. The van der Waals surface area contributed by atoms with Crippen LogP contribution in [0.2, 0.25) is 0 Å². The highest BCUT2D eigenvalue weighted by Crippen LogP contribution is 2.71. The Kier molecular flexibility index (Phi) is 6.59. The fourth-order valence-electron chi connectivity index (χ4n) is 10.9. The summed E-state index contributed by atoms with van der Waals surface area (Å²) >= 11 is 0. The van der Waals surface area contributed by atoms with Crippen LogP contribution < -0.4 is 0 Å².